The number of hydrogen-bond donors (Lipinski definition) is 3. The van der Waals surface area contributed by atoms with E-state index in [4.69, 9.17) is 0 Å². The molecule has 0 aliphatic heterocycles. The zero-order valence-electron chi connectivity index (χ0n) is 16.9. The molecule has 30 heavy (non-hydrogen) atoms. The summed E-state index contributed by atoms with van der Waals surface area (Å²) in [6, 6.07) is 8.14. The Kier molecular flexibility index (Phi) is 8.64. The van der Waals surface area contributed by atoms with Gasteiger partial charge in [0, 0.05) is 49.7 Å². The lowest BCUT2D eigenvalue weighted by Crippen LogP contribution is -2.37. The Balaban J connectivity index is 0.00000320. The van der Waals surface area contributed by atoms with Crippen molar-refractivity contribution in [2.24, 2.45) is 4.99 Å². The fourth-order valence-electron chi connectivity index (χ4n) is 2.84. The third-order valence-electron chi connectivity index (χ3n) is 4.44. The van der Waals surface area contributed by atoms with E-state index in [1.165, 1.54) is 41.9 Å². The van der Waals surface area contributed by atoms with Crippen LogP contribution in [-0.4, -0.2) is 51.4 Å². The van der Waals surface area contributed by atoms with Gasteiger partial charge in [-0.1, -0.05) is 0 Å². The second-order valence-electron chi connectivity index (χ2n) is 6.61. The summed E-state index contributed by atoms with van der Waals surface area (Å²) in [7, 11) is 1.31. The van der Waals surface area contributed by atoms with Gasteiger partial charge in [-0.3, -0.25) is 4.99 Å². The van der Waals surface area contributed by atoms with Crippen LogP contribution >= 0.6 is 35.3 Å². The molecule has 11 heteroatoms. The number of benzene rings is 1. The van der Waals surface area contributed by atoms with Crippen molar-refractivity contribution in [2.75, 3.05) is 27.7 Å². The highest BCUT2D eigenvalue weighted by molar-refractivity contribution is 14.0. The Morgan fingerprint density at radius 1 is 1.23 bits per heavy atom. The van der Waals surface area contributed by atoms with Gasteiger partial charge in [-0.05, 0) is 42.3 Å². The second-order valence-corrected chi connectivity index (χ2v) is 10.2. The summed E-state index contributed by atoms with van der Waals surface area (Å²) in [4.78, 5) is 8.18. The Bertz CT molecular complexity index is 1130. The van der Waals surface area contributed by atoms with Gasteiger partial charge in [-0.25, -0.2) is 17.1 Å². The van der Waals surface area contributed by atoms with E-state index < -0.39 is 10.0 Å². The van der Waals surface area contributed by atoms with Crippen molar-refractivity contribution in [3.05, 3.63) is 52.8 Å². The summed E-state index contributed by atoms with van der Waals surface area (Å²) in [6.45, 7) is 1.12. The first-order valence-electron chi connectivity index (χ1n) is 9.02. The number of fused-ring (bicyclic) bond motifs is 1. The summed E-state index contributed by atoms with van der Waals surface area (Å²) >= 11 is 1.24. The van der Waals surface area contributed by atoms with Gasteiger partial charge >= 0.3 is 0 Å². The number of halogens is 2. The number of thiophene rings is 1. The summed E-state index contributed by atoms with van der Waals surface area (Å²) in [5.41, 5.74) is 1.88. The Morgan fingerprint density at radius 3 is 2.70 bits per heavy atom. The molecule has 0 aliphatic carbocycles. The van der Waals surface area contributed by atoms with Gasteiger partial charge in [0.05, 0.1) is 6.54 Å². The van der Waals surface area contributed by atoms with Crippen LogP contribution in [0.1, 0.15) is 10.4 Å². The van der Waals surface area contributed by atoms with E-state index in [2.05, 4.69) is 20.6 Å². The minimum atomic E-state index is -3.41. The number of aliphatic imine (C=N–C) groups is 1. The molecule has 0 saturated heterocycles. The number of guanidine groups is 1. The van der Waals surface area contributed by atoms with E-state index in [1.54, 1.807) is 25.2 Å². The maximum absolute atomic E-state index is 13.3. The van der Waals surface area contributed by atoms with Crippen LogP contribution in [0.25, 0.3) is 10.9 Å². The maximum atomic E-state index is 13.3. The van der Waals surface area contributed by atoms with E-state index in [9.17, 15) is 12.8 Å². The SMILES string of the molecule is CN=C(NCCc1c[nH]c2cc(F)ccc12)NCc1ccc(S(=O)(=O)N(C)C)s1.I. The lowest BCUT2D eigenvalue weighted by Gasteiger charge is -2.11. The minimum Gasteiger partial charge on any atom is -0.361 e. The number of sulfonamides is 1. The molecule has 164 valence electrons. The number of aromatic amines is 1. The molecule has 0 spiro atoms. The minimum absolute atomic E-state index is 0. The third-order valence-corrected chi connectivity index (χ3v) is 7.81. The van der Waals surface area contributed by atoms with Gasteiger partial charge < -0.3 is 15.6 Å². The van der Waals surface area contributed by atoms with Crippen molar-refractivity contribution < 1.29 is 12.8 Å². The van der Waals surface area contributed by atoms with E-state index in [1.807, 2.05) is 6.20 Å². The summed E-state index contributed by atoms with van der Waals surface area (Å²) in [6.07, 6.45) is 2.64. The van der Waals surface area contributed by atoms with E-state index in [0.29, 0.717) is 23.3 Å². The van der Waals surface area contributed by atoms with Gasteiger partial charge in [0.2, 0.25) is 0 Å². The van der Waals surface area contributed by atoms with Gasteiger partial charge in [-0.15, -0.1) is 35.3 Å². The molecule has 3 rings (SSSR count). The van der Waals surface area contributed by atoms with Crippen LogP contribution in [0.5, 0.6) is 0 Å². The topological polar surface area (TPSA) is 89.6 Å². The number of aromatic nitrogens is 1. The summed E-state index contributed by atoms with van der Waals surface area (Å²) in [5, 5.41) is 7.43. The van der Waals surface area contributed by atoms with Crippen LogP contribution in [-0.2, 0) is 23.0 Å². The molecule has 0 atom stereocenters. The average molecular weight is 565 g/mol. The average Bonchev–Trinajstić information content (AvgIpc) is 3.31. The van der Waals surface area contributed by atoms with E-state index >= 15 is 0 Å². The number of hydrogen-bond acceptors (Lipinski definition) is 4. The van der Waals surface area contributed by atoms with Crippen LogP contribution in [0.15, 0.2) is 45.7 Å². The zero-order valence-corrected chi connectivity index (χ0v) is 20.9. The van der Waals surface area contributed by atoms with Gasteiger partial charge in [-0.2, -0.15) is 0 Å². The summed E-state index contributed by atoms with van der Waals surface area (Å²) < 4.78 is 39.1. The molecule has 3 aromatic rings. The van der Waals surface area contributed by atoms with Crippen LogP contribution in [0.3, 0.4) is 0 Å². The fourth-order valence-corrected chi connectivity index (χ4v) is 5.31. The number of nitrogens with one attached hydrogen (secondary N) is 3. The normalized spacial score (nSPS) is 12.2. The van der Waals surface area contributed by atoms with Gasteiger partial charge in [0.25, 0.3) is 10.0 Å². The van der Waals surface area contributed by atoms with Gasteiger partial charge in [0.1, 0.15) is 10.0 Å². The molecule has 0 unspecified atom stereocenters. The Morgan fingerprint density at radius 2 is 2.00 bits per heavy atom. The van der Waals surface area contributed by atoms with Crippen molar-refractivity contribution in [3.8, 4) is 0 Å². The predicted octanol–water partition coefficient (Wildman–Crippen LogP) is 3.14. The Labute approximate surface area is 196 Å². The van der Waals surface area contributed by atoms with E-state index in [0.717, 1.165) is 27.8 Å². The highest BCUT2D eigenvalue weighted by Crippen LogP contribution is 2.23. The molecule has 3 N–H and O–H groups in total. The first kappa shape index (κ1) is 24.6. The number of H-pyrrole nitrogens is 1. The van der Waals surface area contributed by atoms with Crippen LogP contribution in [0.4, 0.5) is 4.39 Å². The highest BCUT2D eigenvalue weighted by atomic mass is 127. The van der Waals surface area contributed by atoms with Crippen LogP contribution in [0, 0.1) is 5.82 Å². The molecule has 2 aromatic heterocycles. The molecular weight excluding hydrogens is 540 g/mol. The Hall–Kier alpha value is -1.70. The lowest BCUT2D eigenvalue weighted by molar-refractivity contribution is 0.523. The molecule has 7 nitrogen and oxygen atoms in total. The quantitative estimate of drug-likeness (QED) is 0.233. The zero-order chi connectivity index (χ0) is 21.0. The standard InChI is InChI=1S/C19H24FN5O2S2.HI/c1-21-19(24-12-15-5-7-18(28-15)29(26,27)25(2)3)22-9-8-13-11-23-17-10-14(20)4-6-16(13)17;/h4-7,10-11,23H,8-9,12H2,1-3H3,(H2,21,22,24);1H. The first-order valence-corrected chi connectivity index (χ1v) is 11.3. The molecule has 0 bridgehead atoms. The molecule has 0 radical (unpaired) electrons. The molecule has 1 aromatic carbocycles. The van der Waals surface area contributed by atoms with E-state index in [-0.39, 0.29) is 29.8 Å². The number of nitrogens with zero attached hydrogens (tertiary/aromatic N) is 2. The molecule has 0 amide bonds. The molecule has 2 heterocycles. The van der Waals surface area contributed by atoms with Crippen molar-refractivity contribution >= 4 is 62.2 Å². The van der Waals surface area contributed by atoms with Crippen LogP contribution < -0.4 is 10.6 Å². The van der Waals surface area contributed by atoms with Crippen LogP contribution in [0.2, 0.25) is 0 Å². The maximum Gasteiger partial charge on any atom is 0.252 e. The third kappa shape index (κ3) is 5.71. The smallest absolute Gasteiger partial charge is 0.252 e. The predicted molar refractivity (Wildman–Crippen MR) is 131 cm³/mol. The lowest BCUT2D eigenvalue weighted by atomic mass is 10.1. The monoisotopic (exact) mass is 565 g/mol. The molecule has 0 saturated carbocycles. The van der Waals surface area contributed by atoms with Crippen molar-refractivity contribution in [1.29, 1.82) is 0 Å². The van der Waals surface area contributed by atoms with Crippen molar-refractivity contribution in [1.82, 2.24) is 19.9 Å². The number of rotatable bonds is 7. The molecule has 0 fully saturated rings. The summed E-state index contributed by atoms with van der Waals surface area (Å²) in [5.74, 6) is 0.366. The van der Waals surface area contributed by atoms with Gasteiger partial charge in [0.15, 0.2) is 5.96 Å². The molecular formula is C19H25FIN5O2S2. The van der Waals surface area contributed by atoms with Crippen molar-refractivity contribution in [2.45, 2.75) is 17.2 Å². The first-order chi connectivity index (χ1) is 13.8. The van der Waals surface area contributed by atoms with Crippen molar-refractivity contribution in [3.63, 3.8) is 0 Å². The molecule has 0 aliphatic rings. The fraction of sp³-hybridized carbons (Fsp3) is 0.316. The highest BCUT2D eigenvalue weighted by Gasteiger charge is 2.19. The second kappa shape index (κ2) is 10.6. The largest absolute Gasteiger partial charge is 0.361 e.